The van der Waals surface area contributed by atoms with Crippen LogP contribution in [0, 0.1) is 13.8 Å². The smallest absolute Gasteiger partial charge is 0.344 e. The highest BCUT2D eigenvalue weighted by molar-refractivity contribution is 5.98. The summed E-state index contributed by atoms with van der Waals surface area (Å²) in [6.45, 7) is 13.7. The van der Waals surface area contributed by atoms with Gasteiger partial charge >= 0.3 is 5.97 Å². The highest BCUT2D eigenvalue weighted by Gasteiger charge is 2.22. The number of oxime groups is 1. The van der Waals surface area contributed by atoms with E-state index >= 15 is 0 Å². The number of hydrogen-bond donors (Lipinski definition) is 1. The second kappa shape index (κ2) is 9.11. The predicted octanol–water partition coefficient (Wildman–Crippen LogP) is 4.77. The first-order valence-electron chi connectivity index (χ1n) is 9.66. The van der Waals surface area contributed by atoms with Gasteiger partial charge in [0.1, 0.15) is 17.2 Å². The SMILES string of the molecule is CCC(Oc1ccc(C(C)=NOCc2nc(C(C)(C)C)oc2C)cc1C)C(=O)O. The lowest BCUT2D eigenvalue weighted by atomic mass is 9.97. The van der Waals surface area contributed by atoms with Crippen LogP contribution in [-0.2, 0) is 21.7 Å². The number of aryl methyl sites for hydroxylation is 2. The number of ether oxygens (including phenoxy) is 1. The van der Waals surface area contributed by atoms with Gasteiger partial charge in [0, 0.05) is 5.41 Å². The van der Waals surface area contributed by atoms with E-state index in [2.05, 4.69) is 10.1 Å². The molecule has 0 aliphatic carbocycles. The number of carboxylic acids is 1. The summed E-state index contributed by atoms with van der Waals surface area (Å²) in [6.07, 6.45) is -0.468. The van der Waals surface area contributed by atoms with Gasteiger partial charge in [-0.3, -0.25) is 0 Å². The number of carbonyl (C=O) groups is 1. The molecule has 0 saturated heterocycles. The summed E-state index contributed by atoms with van der Waals surface area (Å²) in [5.41, 5.74) is 2.96. The van der Waals surface area contributed by atoms with Gasteiger partial charge in [-0.05, 0) is 56.5 Å². The third kappa shape index (κ3) is 5.82. The van der Waals surface area contributed by atoms with Crippen molar-refractivity contribution in [1.29, 1.82) is 0 Å². The van der Waals surface area contributed by atoms with Gasteiger partial charge in [-0.2, -0.15) is 0 Å². The highest BCUT2D eigenvalue weighted by Crippen LogP contribution is 2.24. The van der Waals surface area contributed by atoms with E-state index < -0.39 is 12.1 Å². The van der Waals surface area contributed by atoms with Crippen molar-refractivity contribution in [2.45, 2.75) is 73.0 Å². The Morgan fingerprint density at radius 2 is 2.00 bits per heavy atom. The molecule has 7 heteroatoms. The number of benzene rings is 1. The fourth-order valence-corrected chi connectivity index (χ4v) is 2.59. The van der Waals surface area contributed by atoms with Gasteiger partial charge in [0.25, 0.3) is 0 Å². The molecule has 0 spiro atoms. The van der Waals surface area contributed by atoms with E-state index in [1.807, 2.05) is 53.7 Å². The minimum Gasteiger partial charge on any atom is -0.479 e. The van der Waals surface area contributed by atoms with Crippen molar-refractivity contribution in [3.63, 3.8) is 0 Å². The van der Waals surface area contributed by atoms with E-state index in [9.17, 15) is 4.79 Å². The van der Waals surface area contributed by atoms with Crippen LogP contribution in [0.4, 0.5) is 0 Å². The molecule has 158 valence electrons. The largest absolute Gasteiger partial charge is 0.479 e. The Hall–Kier alpha value is -2.83. The Labute approximate surface area is 171 Å². The van der Waals surface area contributed by atoms with Gasteiger partial charge in [0.15, 0.2) is 18.6 Å². The van der Waals surface area contributed by atoms with Crippen LogP contribution in [0.25, 0.3) is 0 Å². The molecule has 0 radical (unpaired) electrons. The number of rotatable bonds is 8. The third-order valence-corrected chi connectivity index (χ3v) is 4.45. The molecule has 0 amide bonds. The van der Waals surface area contributed by atoms with Crippen LogP contribution in [0.5, 0.6) is 5.75 Å². The highest BCUT2D eigenvalue weighted by atomic mass is 16.6. The molecule has 7 nitrogen and oxygen atoms in total. The van der Waals surface area contributed by atoms with Crippen molar-refractivity contribution in [1.82, 2.24) is 4.98 Å². The van der Waals surface area contributed by atoms with Crippen LogP contribution in [0.1, 0.15) is 69.5 Å². The Bertz CT molecular complexity index is 893. The second-order valence-electron chi connectivity index (χ2n) is 8.06. The van der Waals surface area contributed by atoms with E-state index in [1.54, 1.807) is 13.0 Å². The molecule has 1 unspecified atom stereocenters. The number of carboxylic acid groups (broad SMARTS) is 1. The van der Waals surface area contributed by atoms with Crippen LogP contribution in [0.2, 0.25) is 0 Å². The molecule has 29 heavy (non-hydrogen) atoms. The van der Waals surface area contributed by atoms with E-state index in [-0.39, 0.29) is 12.0 Å². The topological polar surface area (TPSA) is 94.2 Å². The maximum absolute atomic E-state index is 11.2. The fraction of sp³-hybridized carbons (Fsp3) is 0.500. The summed E-state index contributed by atoms with van der Waals surface area (Å²) in [7, 11) is 0. The normalized spacial score (nSPS) is 13.3. The lowest BCUT2D eigenvalue weighted by Gasteiger charge is -2.15. The first-order chi connectivity index (χ1) is 13.5. The minimum atomic E-state index is -0.972. The zero-order valence-electron chi connectivity index (χ0n) is 18.2. The molecule has 1 aromatic carbocycles. The summed E-state index contributed by atoms with van der Waals surface area (Å²) in [4.78, 5) is 21.1. The second-order valence-corrected chi connectivity index (χ2v) is 8.06. The monoisotopic (exact) mass is 402 g/mol. The van der Waals surface area contributed by atoms with E-state index in [1.165, 1.54) is 0 Å². The summed E-state index contributed by atoms with van der Waals surface area (Å²) < 4.78 is 11.3. The van der Waals surface area contributed by atoms with E-state index in [4.69, 9.17) is 19.1 Å². The first-order valence-corrected chi connectivity index (χ1v) is 9.66. The van der Waals surface area contributed by atoms with Crippen LogP contribution in [-0.4, -0.2) is 27.9 Å². The van der Waals surface area contributed by atoms with Crippen molar-refractivity contribution in [3.05, 3.63) is 46.7 Å². The van der Waals surface area contributed by atoms with Gasteiger partial charge < -0.3 is 19.1 Å². The molecular formula is C22H30N2O5. The first kappa shape index (κ1) is 22.5. The number of aliphatic carboxylic acids is 1. The number of nitrogens with zero attached hydrogens (tertiary/aromatic N) is 2. The fourth-order valence-electron chi connectivity index (χ4n) is 2.59. The van der Waals surface area contributed by atoms with Gasteiger partial charge in [-0.1, -0.05) is 32.9 Å². The third-order valence-electron chi connectivity index (χ3n) is 4.45. The van der Waals surface area contributed by atoms with Crippen LogP contribution >= 0.6 is 0 Å². The molecule has 0 aliphatic heterocycles. The molecule has 1 heterocycles. The average Bonchev–Trinajstić information content (AvgIpc) is 3.01. The Balaban J connectivity index is 2.06. The molecule has 2 rings (SSSR count). The van der Waals surface area contributed by atoms with Gasteiger partial charge in [-0.15, -0.1) is 0 Å². The lowest BCUT2D eigenvalue weighted by molar-refractivity contribution is -0.145. The Kier molecular flexibility index (Phi) is 7.06. The van der Waals surface area contributed by atoms with Gasteiger partial charge in [0.2, 0.25) is 0 Å². The number of aromatic nitrogens is 1. The Morgan fingerprint density at radius 1 is 1.31 bits per heavy atom. The summed E-state index contributed by atoms with van der Waals surface area (Å²) in [6, 6.07) is 5.48. The van der Waals surface area contributed by atoms with E-state index in [0.29, 0.717) is 23.8 Å². The maximum atomic E-state index is 11.2. The van der Waals surface area contributed by atoms with Crippen LogP contribution < -0.4 is 4.74 Å². The molecule has 0 bridgehead atoms. The van der Waals surface area contributed by atoms with Crippen molar-refractivity contribution < 1.29 is 23.9 Å². The number of oxazole rings is 1. The molecular weight excluding hydrogens is 372 g/mol. The molecule has 0 fully saturated rings. The number of hydrogen-bond acceptors (Lipinski definition) is 6. The van der Waals surface area contributed by atoms with Crippen molar-refractivity contribution in [2.75, 3.05) is 0 Å². The van der Waals surface area contributed by atoms with Crippen molar-refractivity contribution in [2.24, 2.45) is 5.16 Å². The lowest BCUT2D eigenvalue weighted by Crippen LogP contribution is -2.26. The van der Waals surface area contributed by atoms with Crippen molar-refractivity contribution >= 4 is 11.7 Å². The predicted molar refractivity (Wildman–Crippen MR) is 110 cm³/mol. The standard InChI is InChI=1S/C22H30N2O5/c1-8-18(20(25)26)29-19-10-9-16(11-13(19)2)14(3)24-27-12-17-15(4)28-21(23-17)22(5,6)7/h9-11,18H,8,12H2,1-7H3,(H,25,26). The zero-order chi connectivity index (χ0) is 21.8. The average molecular weight is 402 g/mol. The minimum absolute atomic E-state index is 0.166. The quantitative estimate of drug-likeness (QED) is 0.505. The summed E-state index contributed by atoms with van der Waals surface area (Å²) in [5, 5.41) is 13.3. The summed E-state index contributed by atoms with van der Waals surface area (Å²) >= 11 is 0. The van der Waals surface area contributed by atoms with Gasteiger partial charge in [0.05, 0.1) is 5.71 Å². The molecule has 0 aliphatic rings. The van der Waals surface area contributed by atoms with Crippen LogP contribution in [0.3, 0.4) is 0 Å². The molecule has 1 N–H and O–H groups in total. The van der Waals surface area contributed by atoms with Gasteiger partial charge in [-0.25, -0.2) is 9.78 Å². The Morgan fingerprint density at radius 3 is 2.52 bits per heavy atom. The molecule has 2 aromatic rings. The zero-order valence-corrected chi connectivity index (χ0v) is 18.2. The maximum Gasteiger partial charge on any atom is 0.344 e. The molecule has 1 atom stereocenters. The molecule has 0 saturated carbocycles. The van der Waals surface area contributed by atoms with Crippen LogP contribution in [0.15, 0.2) is 27.8 Å². The van der Waals surface area contributed by atoms with Crippen molar-refractivity contribution in [3.8, 4) is 5.75 Å². The van der Waals surface area contributed by atoms with E-state index in [0.717, 1.165) is 22.6 Å². The summed E-state index contributed by atoms with van der Waals surface area (Å²) in [5.74, 6) is 0.973. The molecule has 1 aromatic heterocycles.